The first-order chi connectivity index (χ1) is 11.5. The second kappa shape index (κ2) is 8.78. The van der Waals surface area contributed by atoms with Gasteiger partial charge in [0.2, 0.25) is 6.79 Å². The second-order valence-electron chi connectivity index (χ2n) is 6.47. The minimum atomic E-state index is 0.303. The maximum atomic E-state index is 5.41. The zero-order chi connectivity index (χ0) is 17.5. The third-order valence-corrected chi connectivity index (χ3v) is 4.11. The van der Waals surface area contributed by atoms with Gasteiger partial charge in [0.25, 0.3) is 0 Å². The molecule has 0 amide bonds. The zero-order valence-corrected chi connectivity index (χ0v) is 15.4. The normalized spacial score (nSPS) is 13.9. The van der Waals surface area contributed by atoms with E-state index in [4.69, 9.17) is 9.47 Å². The molecule has 0 spiro atoms. The molecule has 0 aromatic heterocycles. The second-order valence-corrected chi connectivity index (χ2v) is 6.47. The first kappa shape index (κ1) is 18.4. The Morgan fingerprint density at radius 2 is 1.83 bits per heavy atom. The van der Waals surface area contributed by atoms with E-state index in [0.717, 1.165) is 36.1 Å². The molecule has 2 N–H and O–H groups in total. The highest BCUT2D eigenvalue weighted by Crippen LogP contribution is 2.32. The molecular formula is C18H30N4O2. The molecule has 6 nitrogen and oxygen atoms in total. The fraction of sp³-hybridized carbons (Fsp3) is 0.611. The quantitative estimate of drug-likeness (QED) is 0.591. The molecule has 0 radical (unpaired) electrons. The lowest BCUT2D eigenvalue weighted by Crippen LogP contribution is -2.45. The SMILES string of the molecule is CN=C(NCCN(C(C)C)C(C)C)NCc1ccc2c(c1)OCO2. The summed E-state index contributed by atoms with van der Waals surface area (Å²) in [5.74, 6) is 2.42. The molecular weight excluding hydrogens is 304 g/mol. The Morgan fingerprint density at radius 1 is 1.12 bits per heavy atom. The van der Waals surface area contributed by atoms with Crippen LogP contribution in [0.1, 0.15) is 33.3 Å². The van der Waals surface area contributed by atoms with Gasteiger partial charge in [0.05, 0.1) is 0 Å². The summed E-state index contributed by atoms with van der Waals surface area (Å²) in [4.78, 5) is 6.74. The van der Waals surface area contributed by atoms with Gasteiger partial charge in [-0.2, -0.15) is 0 Å². The number of nitrogens with zero attached hydrogens (tertiary/aromatic N) is 2. The van der Waals surface area contributed by atoms with E-state index in [1.54, 1.807) is 7.05 Å². The Hall–Kier alpha value is -1.95. The standard InChI is InChI=1S/C18H30N4O2/c1-13(2)22(14(3)4)9-8-20-18(19-5)21-11-15-6-7-16-17(10-15)24-12-23-16/h6-7,10,13-14H,8-9,11-12H2,1-5H3,(H2,19,20,21). The number of aliphatic imine (C=N–C) groups is 1. The topological polar surface area (TPSA) is 58.1 Å². The lowest BCUT2D eigenvalue weighted by atomic mass is 10.2. The molecule has 0 bridgehead atoms. The maximum absolute atomic E-state index is 5.41. The van der Waals surface area contributed by atoms with Crippen molar-refractivity contribution in [2.24, 2.45) is 4.99 Å². The van der Waals surface area contributed by atoms with Gasteiger partial charge in [-0.3, -0.25) is 9.89 Å². The van der Waals surface area contributed by atoms with Gasteiger partial charge in [-0.05, 0) is 45.4 Å². The number of hydrogen-bond donors (Lipinski definition) is 2. The Bertz CT molecular complexity index is 550. The summed E-state index contributed by atoms with van der Waals surface area (Å²) in [6.45, 7) is 11.8. The van der Waals surface area contributed by atoms with Crippen molar-refractivity contribution in [3.05, 3.63) is 23.8 Å². The van der Waals surface area contributed by atoms with Crippen molar-refractivity contribution in [2.45, 2.75) is 46.3 Å². The molecule has 1 aromatic rings. The molecule has 24 heavy (non-hydrogen) atoms. The summed E-state index contributed by atoms with van der Waals surface area (Å²) >= 11 is 0. The van der Waals surface area contributed by atoms with Gasteiger partial charge in [0.15, 0.2) is 17.5 Å². The van der Waals surface area contributed by atoms with Gasteiger partial charge in [-0.15, -0.1) is 0 Å². The lowest BCUT2D eigenvalue weighted by molar-refractivity contribution is 0.174. The average molecular weight is 334 g/mol. The fourth-order valence-electron chi connectivity index (χ4n) is 2.87. The zero-order valence-electron chi connectivity index (χ0n) is 15.4. The van der Waals surface area contributed by atoms with Crippen molar-refractivity contribution in [2.75, 3.05) is 26.9 Å². The molecule has 0 fully saturated rings. The molecule has 1 aliphatic heterocycles. The van der Waals surface area contributed by atoms with Gasteiger partial charge < -0.3 is 20.1 Å². The molecule has 6 heteroatoms. The molecule has 0 saturated carbocycles. The third kappa shape index (κ3) is 5.03. The molecule has 1 heterocycles. The summed E-state index contributed by atoms with van der Waals surface area (Å²) < 4.78 is 10.7. The number of guanidine groups is 1. The first-order valence-electron chi connectivity index (χ1n) is 8.60. The predicted molar refractivity (Wildman–Crippen MR) is 97.7 cm³/mol. The highest BCUT2D eigenvalue weighted by Gasteiger charge is 2.14. The molecule has 2 rings (SSSR count). The first-order valence-corrected chi connectivity index (χ1v) is 8.60. The van der Waals surface area contributed by atoms with E-state index in [1.165, 1.54) is 0 Å². The van der Waals surface area contributed by atoms with Crippen molar-refractivity contribution in [3.8, 4) is 11.5 Å². The van der Waals surface area contributed by atoms with Crippen molar-refractivity contribution >= 4 is 5.96 Å². The van der Waals surface area contributed by atoms with Crippen molar-refractivity contribution in [1.82, 2.24) is 15.5 Å². The Kier molecular flexibility index (Phi) is 6.73. The van der Waals surface area contributed by atoms with Gasteiger partial charge in [-0.25, -0.2) is 0 Å². The van der Waals surface area contributed by atoms with Crippen molar-refractivity contribution in [1.29, 1.82) is 0 Å². The van der Waals surface area contributed by atoms with Crippen LogP contribution in [0.5, 0.6) is 11.5 Å². The molecule has 1 aromatic carbocycles. The minimum absolute atomic E-state index is 0.303. The van der Waals surface area contributed by atoms with Gasteiger partial charge in [0.1, 0.15) is 0 Å². The van der Waals surface area contributed by atoms with E-state index in [2.05, 4.69) is 48.2 Å². The van der Waals surface area contributed by atoms with Crippen molar-refractivity contribution in [3.63, 3.8) is 0 Å². The number of hydrogen-bond acceptors (Lipinski definition) is 4. The van der Waals surface area contributed by atoms with E-state index in [1.807, 2.05) is 18.2 Å². The molecule has 0 saturated heterocycles. The minimum Gasteiger partial charge on any atom is -0.454 e. The maximum Gasteiger partial charge on any atom is 0.231 e. The Morgan fingerprint density at radius 3 is 2.50 bits per heavy atom. The summed E-state index contributed by atoms with van der Waals surface area (Å²) in [6, 6.07) is 7.05. The Balaban J connectivity index is 1.78. The van der Waals surface area contributed by atoms with E-state index in [0.29, 0.717) is 25.4 Å². The van der Waals surface area contributed by atoms with Crippen LogP contribution in [0, 0.1) is 0 Å². The molecule has 0 atom stereocenters. The monoisotopic (exact) mass is 334 g/mol. The van der Waals surface area contributed by atoms with E-state index in [9.17, 15) is 0 Å². The van der Waals surface area contributed by atoms with Gasteiger partial charge in [0, 0.05) is 38.8 Å². The number of fused-ring (bicyclic) bond motifs is 1. The van der Waals surface area contributed by atoms with Crippen LogP contribution < -0.4 is 20.1 Å². The summed E-state index contributed by atoms with van der Waals surface area (Å²) in [6.07, 6.45) is 0. The summed E-state index contributed by atoms with van der Waals surface area (Å²) in [7, 11) is 1.79. The number of ether oxygens (including phenoxy) is 2. The molecule has 134 valence electrons. The Labute approximate surface area is 145 Å². The third-order valence-electron chi connectivity index (χ3n) is 4.11. The van der Waals surface area contributed by atoms with Crippen molar-refractivity contribution < 1.29 is 9.47 Å². The fourth-order valence-corrected chi connectivity index (χ4v) is 2.87. The molecule has 0 unspecified atom stereocenters. The summed E-state index contributed by atoms with van der Waals surface area (Å²) in [5, 5.41) is 6.71. The van der Waals surface area contributed by atoms with E-state index < -0.39 is 0 Å². The van der Waals surface area contributed by atoms with Crippen LogP contribution in [0.25, 0.3) is 0 Å². The number of benzene rings is 1. The number of nitrogens with one attached hydrogen (secondary N) is 2. The van der Waals surface area contributed by atoms with Crippen LogP contribution in [0.3, 0.4) is 0 Å². The van der Waals surface area contributed by atoms with Gasteiger partial charge in [-0.1, -0.05) is 6.07 Å². The van der Waals surface area contributed by atoms with Gasteiger partial charge >= 0.3 is 0 Å². The van der Waals surface area contributed by atoms with Crippen LogP contribution in [0.4, 0.5) is 0 Å². The average Bonchev–Trinajstić information content (AvgIpc) is 3.01. The molecule has 1 aliphatic rings. The number of rotatable bonds is 7. The van der Waals surface area contributed by atoms with Crippen LogP contribution in [-0.2, 0) is 6.54 Å². The molecule has 0 aliphatic carbocycles. The lowest BCUT2D eigenvalue weighted by Gasteiger charge is -2.30. The highest BCUT2D eigenvalue weighted by atomic mass is 16.7. The van der Waals surface area contributed by atoms with Crippen LogP contribution in [0.15, 0.2) is 23.2 Å². The van der Waals surface area contributed by atoms with E-state index >= 15 is 0 Å². The van der Waals surface area contributed by atoms with Crippen LogP contribution in [0.2, 0.25) is 0 Å². The van der Waals surface area contributed by atoms with Crippen LogP contribution >= 0.6 is 0 Å². The van der Waals surface area contributed by atoms with E-state index in [-0.39, 0.29) is 0 Å². The summed E-state index contributed by atoms with van der Waals surface area (Å²) in [5.41, 5.74) is 1.13. The largest absolute Gasteiger partial charge is 0.454 e. The highest BCUT2D eigenvalue weighted by molar-refractivity contribution is 5.79. The smallest absolute Gasteiger partial charge is 0.231 e. The van der Waals surface area contributed by atoms with Crippen LogP contribution in [-0.4, -0.2) is 49.9 Å². The predicted octanol–water partition coefficient (Wildman–Crippen LogP) is 2.20.